The Kier molecular flexibility index (Phi) is 7.80. The molecule has 13 heteroatoms. The minimum atomic E-state index is -2.75. The molecule has 1 aliphatic carbocycles. The number of nitrogens with zero attached hydrogens (tertiary/aromatic N) is 3. The zero-order valence-electron chi connectivity index (χ0n) is 24.9. The molecule has 3 aromatic carbocycles. The first-order chi connectivity index (χ1) is 21.8. The quantitative estimate of drug-likeness (QED) is 0.164. The summed E-state index contributed by atoms with van der Waals surface area (Å²) in [6.07, 6.45) is 0.457. The number of carbonyl (C=O) groups is 2. The highest BCUT2D eigenvalue weighted by Crippen LogP contribution is 2.40. The van der Waals surface area contributed by atoms with Gasteiger partial charge in [0.15, 0.2) is 22.5 Å². The highest BCUT2D eigenvalue weighted by molar-refractivity contribution is 7.80. The summed E-state index contributed by atoms with van der Waals surface area (Å²) >= 11 is 5.39. The van der Waals surface area contributed by atoms with Crippen LogP contribution in [0.4, 0.5) is 24.7 Å². The summed E-state index contributed by atoms with van der Waals surface area (Å²) in [7, 11) is 0. The minimum Gasteiger partial charge on any atom is -0.485 e. The number of rotatable bonds is 9. The van der Waals surface area contributed by atoms with Crippen molar-refractivity contribution in [2.75, 3.05) is 17.2 Å². The second-order valence-electron chi connectivity index (χ2n) is 11.4. The van der Waals surface area contributed by atoms with Gasteiger partial charge >= 0.3 is 0 Å². The second-order valence-corrected chi connectivity index (χ2v) is 11.8. The molecule has 1 amide bonds. The Balaban J connectivity index is 1.26. The van der Waals surface area contributed by atoms with Crippen molar-refractivity contribution in [3.8, 4) is 22.9 Å². The first-order valence-electron chi connectivity index (χ1n) is 14.2. The van der Waals surface area contributed by atoms with Crippen LogP contribution >= 0.6 is 12.2 Å². The maximum atomic E-state index is 14.0. The lowest BCUT2D eigenvalue weighted by atomic mass is 10.0. The Morgan fingerprint density at radius 3 is 2.57 bits per heavy atom. The van der Waals surface area contributed by atoms with Crippen LogP contribution in [0, 0.1) is 12.7 Å². The summed E-state index contributed by atoms with van der Waals surface area (Å²) in [4.78, 5) is 28.1. The fourth-order valence-electron chi connectivity index (χ4n) is 5.40. The maximum absolute atomic E-state index is 14.0. The van der Waals surface area contributed by atoms with Crippen molar-refractivity contribution >= 4 is 46.6 Å². The van der Waals surface area contributed by atoms with Crippen LogP contribution in [0.3, 0.4) is 0 Å². The van der Waals surface area contributed by atoms with Crippen LogP contribution in [-0.2, 0) is 11.2 Å². The molecular weight excluding hydrogens is 619 g/mol. The molecule has 1 saturated heterocycles. The summed E-state index contributed by atoms with van der Waals surface area (Å²) in [5.41, 5.74) is 8.75. The third-order valence-electron chi connectivity index (χ3n) is 7.70. The number of anilines is 2. The number of amides is 1. The van der Waals surface area contributed by atoms with E-state index >= 15 is 0 Å². The molecule has 2 aliphatic rings. The van der Waals surface area contributed by atoms with Crippen molar-refractivity contribution in [1.82, 2.24) is 15.1 Å². The average Bonchev–Trinajstić information content (AvgIpc) is 3.65. The van der Waals surface area contributed by atoms with Crippen LogP contribution in [0.25, 0.3) is 11.8 Å². The Morgan fingerprint density at radius 2 is 1.89 bits per heavy atom. The number of ether oxygens (including phenoxy) is 2. The van der Waals surface area contributed by atoms with E-state index in [0.717, 1.165) is 0 Å². The lowest BCUT2D eigenvalue weighted by Crippen LogP contribution is -2.40. The smallest absolute Gasteiger partial charge is 0.272 e. The zero-order chi connectivity index (χ0) is 32.9. The van der Waals surface area contributed by atoms with E-state index in [9.17, 15) is 22.8 Å². The number of carbonyl (C=O) groups excluding carboxylic acids is 2. The van der Waals surface area contributed by atoms with Gasteiger partial charge in [0.1, 0.15) is 29.5 Å². The molecule has 0 spiro atoms. The number of thiocarbonyl (C=S) groups is 1. The van der Waals surface area contributed by atoms with Gasteiger partial charge in [-0.2, -0.15) is 5.10 Å². The van der Waals surface area contributed by atoms with Gasteiger partial charge in [0.2, 0.25) is 0 Å². The lowest BCUT2D eigenvalue weighted by Gasteiger charge is -2.21. The van der Waals surface area contributed by atoms with Gasteiger partial charge in [-0.25, -0.2) is 17.9 Å². The van der Waals surface area contributed by atoms with E-state index in [2.05, 4.69) is 10.4 Å². The third-order valence-corrected chi connectivity index (χ3v) is 7.99. The Labute approximate surface area is 267 Å². The Morgan fingerprint density at radius 1 is 1.13 bits per heavy atom. The molecule has 0 bridgehead atoms. The third kappa shape index (κ3) is 5.58. The largest absolute Gasteiger partial charge is 0.485 e. The lowest BCUT2D eigenvalue weighted by molar-refractivity contribution is -0.121. The average molecular weight is 648 g/mol. The van der Waals surface area contributed by atoms with Gasteiger partial charge < -0.3 is 20.5 Å². The van der Waals surface area contributed by atoms with E-state index in [-0.39, 0.29) is 51.8 Å². The number of benzene rings is 3. The number of halogens is 3. The highest BCUT2D eigenvalue weighted by Gasteiger charge is 2.44. The number of alkyl halides is 2. The van der Waals surface area contributed by atoms with E-state index < -0.39 is 24.4 Å². The van der Waals surface area contributed by atoms with Crippen LogP contribution in [0.15, 0.2) is 66.4 Å². The molecule has 3 N–H and O–H groups in total. The number of hydrogen-bond donors (Lipinski definition) is 2. The molecule has 46 heavy (non-hydrogen) atoms. The Bertz CT molecular complexity index is 1960. The fraction of sp³-hybridized carbons (Fsp3) is 0.212. The predicted octanol–water partition coefficient (Wildman–Crippen LogP) is 6.16. The summed E-state index contributed by atoms with van der Waals surface area (Å²) < 4.78 is 52.8. The summed E-state index contributed by atoms with van der Waals surface area (Å²) in [6.45, 7) is 4.24. The van der Waals surface area contributed by atoms with E-state index in [1.165, 1.54) is 34.0 Å². The molecule has 0 radical (unpaired) electrons. The van der Waals surface area contributed by atoms with E-state index in [1.807, 2.05) is 0 Å². The summed E-state index contributed by atoms with van der Waals surface area (Å²) in [5, 5.41) is 7.40. The van der Waals surface area contributed by atoms with Crippen LogP contribution in [0.1, 0.15) is 40.9 Å². The zero-order valence-corrected chi connectivity index (χ0v) is 25.8. The number of aryl methyl sites for hydroxylation is 1. The standard InChI is InChI=1S/C33H28F3N5O4S/c1-17-10-21(45-26-7-5-4-6-23(26)34)8-9-24(17)41-30(37)22(15-38-41)29(42)20-11-18-13-25(40-31(43)33(2,3)39-32(40)46)27(14-19(18)12-20)44-16-28(35)36/h4-10,12-15,28H,11,16,37H2,1-3H3,(H,39,46). The van der Waals surface area contributed by atoms with Crippen molar-refractivity contribution in [1.29, 1.82) is 0 Å². The van der Waals surface area contributed by atoms with Crippen molar-refractivity contribution in [2.45, 2.75) is 39.2 Å². The molecule has 9 nitrogen and oxygen atoms in total. The van der Waals surface area contributed by atoms with Crippen molar-refractivity contribution in [3.05, 3.63) is 94.4 Å². The van der Waals surface area contributed by atoms with Crippen molar-refractivity contribution < 1.29 is 32.2 Å². The van der Waals surface area contributed by atoms with E-state index in [4.69, 9.17) is 27.4 Å². The van der Waals surface area contributed by atoms with Crippen LogP contribution in [-0.4, -0.2) is 45.2 Å². The maximum Gasteiger partial charge on any atom is 0.272 e. The number of hydrogen-bond acceptors (Lipinski definition) is 7. The summed E-state index contributed by atoms with van der Waals surface area (Å²) in [5.74, 6) is -0.598. The SMILES string of the molecule is Cc1cc(Oc2ccccc2F)ccc1-n1ncc(C(=O)C2=Cc3cc(OCC(F)F)c(N4C(=O)C(C)(C)NC4=S)cc3C2)c1N. The first kappa shape index (κ1) is 30.8. The molecule has 0 atom stereocenters. The minimum absolute atomic E-state index is 0.0319. The second kappa shape index (κ2) is 11.6. The number of Topliss-reactive ketones (excluding diaryl/α,β-unsaturated/α-hetero) is 1. The van der Waals surface area contributed by atoms with E-state index in [0.29, 0.717) is 33.7 Å². The molecule has 1 aromatic heterocycles. The molecule has 6 rings (SSSR count). The van der Waals surface area contributed by atoms with Crippen molar-refractivity contribution in [2.24, 2.45) is 0 Å². The Hall–Kier alpha value is -5.17. The van der Waals surface area contributed by atoms with Gasteiger partial charge in [-0.15, -0.1) is 0 Å². The number of allylic oxidation sites excluding steroid dienone is 1. The molecule has 1 aliphatic heterocycles. The molecule has 1 fully saturated rings. The summed E-state index contributed by atoms with van der Waals surface area (Å²) in [6, 6.07) is 14.3. The molecule has 0 unspecified atom stereocenters. The number of nitrogens with one attached hydrogen (secondary N) is 1. The predicted molar refractivity (Wildman–Crippen MR) is 170 cm³/mol. The number of fused-ring (bicyclic) bond motifs is 1. The number of nitrogen functional groups attached to an aromatic ring is 1. The highest BCUT2D eigenvalue weighted by atomic mass is 32.1. The van der Waals surface area contributed by atoms with Gasteiger partial charge in [0.05, 0.1) is 23.1 Å². The van der Waals surface area contributed by atoms with Crippen LogP contribution in [0.2, 0.25) is 0 Å². The molecular formula is C33H28F3N5O4S. The number of aromatic nitrogens is 2. The normalized spacial score (nSPS) is 15.2. The molecule has 2 heterocycles. The van der Waals surface area contributed by atoms with Gasteiger partial charge in [-0.1, -0.05) is 12.1 Å². The number of ketones is 1. The van der Waals surface area contributed by atoms with Gasteiger partial charge in [0, 0.05) is 12.0 Å². The monoisotopic (exact) mass is 647 g/mol. The van der Waals surface area contributed by atoms with E-state index in [1.54, 1.807) is 63.2 Å². The first-order valence-corrected chi connectivity index (χ1v) is 14.6. The molecule has 4 aromatic rings. The number of nitrogens with two attached hydrogens (primary N) is 1. The van der Waals surface area contributed by atoms with Gasteiger partial charge in [-0.3, -0.25) is 14.5 Å². The molecule has 0 saturated carbocycles. The van der Waals surface area contributed by atoms with Crippen molar-refractivity contribution in [3.63, 3.8) is 0 Å². The topological polar surface area (TPSA) is 112 Å². The molecule has 236 valence electrons. The van der Waals surface area contributed by atoms with Crippen LogP contribution in [0.5, 0.6) is 17.2 Å². The fourth-order valence-corrected chi connectivity index (χ4v) is 5.83. The van der Waals surface area contributed by atoms with Gasteiger partial charge in [-0.05, 0) is 98.2 Å². The number of para-hydroxylation sites is 1. The van der Waals surface area contributed by atoms with Crippen LogP contribution < -0.4 is 25.4 Å². The van der Waals surface area contributed by atoms with Gasteiger partial charge in [0.25, 0.3) is 12.3 Å².